The third-order valence-electron chi connectivity index (χ3n) is 1.81. The van der Waals surface area contributed by atoms with E-state index in [1.54, 1.807) is 23.2 Å². The maximum atomic E-state index is 10.6. The number of aryl methyl sites for hydroxylation is 1. The van der Waals surface area contributed by atoms with E-state index >= 15 is 0 Å². The van der Waals surface area contributed by atoms with Crippen LogP contribution < -0.4 is 0 Å². The van der Waals surface area contributed by atoms with E-state index in [2.05, 4.69) is 10.1 Å². The molecule has 0 radical (unpaired) electrons. The van der Waals surface area contributed by atoms with Gasteiger partial charge >= 0.3 is 5.97 Å². The molecule has 0 aliphatic carbocycles. The molecule has 2 rings (SSSR count). The normalized spacial score (nSPS) is 10.4. The maximum absolute atomic E-state index is 10.6. The van der Waals surface area contributed by atoms with E-state index in [1.165, 1.54) is 10.7 Å². The number of hydrogen-bond acceptors (Lipinski definition) is 3. The number of carboxylic acids is 1. The van der Waals surface area contributed by atoms with Gasteiger partial charge in [-0.05, 0) is 6.07 Å². The zero-order valence-electron chi connectivity index (χ0n) is 7.45. The van der Waals surface area contributed by atoms with Gasteiger partial charge in [-0.3, -0.25) is 0 Å². The molecule has 0 amide bonds. The second-order valence-corrected chi connectivity index (χ2v) is 2.79. The predicted octanol–water partition coefficient (Wildman–Crippen LogP) is 0.304. The number of hydrogen-bond donors (Lipinski definition) is 1. The number of aromatic nitrogens is 4. The minimum Gasteiger partial charge on any atom is -0.476 e. The Kier molecular flexibility index (Phi) is 1.81. The lowest BCUT2D eigenvalue weighted by atomic mass is 10.5. The first-order valence-corrected chi connectivity index (χ1v) is 3.95. The van der Waals surface area contributed by atoms with Crippen molar-refractivity contribution >= 4 is 5.97 Å². The molecule has 1 N–H and O–H groups in total. The second-order valence-electron chi connectivity index (χ2n) is 2.79. The van der Waals surface area contributed by atoms with E-state index in [0.717, 1.165) is 0 Å². The summed E-state index contributed by atoms with van der Waals surface area (Å²) in [6.45, 7) is 0. The van der Waals surface area contributed by atoms with Gasteiger partial charge in [0.15, 0.2) is 5.69 Å². The number of rotatable bonds is 2. The van der Waals surface area contributed by atoms with Crippen LogP contribution in [0.25, 0.3) is 5.95 Å². The zero-order valence-corrected chi connectivity index (χ0v) is 7.45. The Morgan fingerprint density at radius 1 is 1.50 bits per heavy atom. The van der Waals surface area contributed by atoms with Crippen LogP contribution in [0.4, 0.5) is 0 Å². The predicted molar refractivity (Wildman–Crippen MR) is 47.3 cm³/mol. The highest BCUT2D eigenvalue weighted by Crippen LogP contribution is 2.03. The molecule has 72 valence electrons. The van der Waals surface area contributed by atoms with Gasteiger partial charge in [-0.25, -0.2) is 14.5 Å². The first kappa shape index (κ1) is 8.49. The zero-order chi connectivity index (χ0) is 10.1. The van der Waals surface area contributed by atoms with E-state index in [-0.39, 0.29) is 5.69 Å². The van der Waals surface area contributed by atoms with Gasteiger partial charge in [0.2, 0.25) is 5.95 Å². The highest BCUT2D eigenvalue weighted by atomic mass is 16.4. The van der Waals surface area contributed by atoms with Gasteiger partial charge in [0, 0.05) is 25.6 Å². The fourth-order valence-electron chi connectivity index (χ4n) is 1.13. The van der Waals surface area contributed by atoms with Crippen LogP contribution in [0.15, 0.2) is 24.7 Å². The van der Waals surface area contributed by atoms with Gasteiger partial charge in [-0.15, -0.1) is 0 Å². The summed E-state index contributed by atoms with van der Waals surface area (Å²) in [4.78, 5) is 14.6. The van der Waals surface area contributed by atoms with Crippen LogP contribution in [0, 0.1) is 0 Å². The van der Waals surface area contributed by atoms with Crippen LogP contribution in [-0.4, -0.2) is 30.4 Å². The molecule has 0 aliphatic rings. The molecule has 2 aromatic heterocycles. The monoisotopic (exact) mass is 192 g/mol. The molecule has 0 unspecified atom stereocenters. The summed E-state index contributed by atoms with van der Waals surface area (Å²) in [7, 11) is 1.81. The topological polar surface area (TPSA) is 72.9 Å². The summed E-state index contributed by atoms with van der Waals surface area (Å²) >= 11 is 0. The number of carbonyl (C=O) groups is 1. The van der Waals surface area contributed by atoms with Gasteiger partial charge in [-0.2, -0.15) is 5.10 Å². The van der Waals surface area contributed by atoms with Crippen molar-refractivity contribution < 1.29 is 9.90 Å². The van der Waals surface area contributed by atoms with Crippen LogP contribution in [0.1, 0.15) is 10.5 Å². The molecule has 14 heavy (non-hydrogen) atoms. The van der Waals surface area contributed by atoms with Gasteiger partial charge in [0.25, 0.3) is 0 Å². The van der Waals surface area contributed by atoms with E-state index in [9.17, 15) is 4.79 Å². The van der Waals surface area contributed by atoms with Gasteiger partial charge in [-0.1, -0.05) is 0 Å². The van der Waals surface area contributed by atoms with Crippen molar-refractivity contribution in [2.45, 2.75) is 0 Å². The molecule has 0 atom stereocenters. The maximum Gasteiger partial charge on any atom is 0.356 e. The van der Waals surface area contributed by atoms with Crippen LogP contribution in [0.5, 0.6) is 0 Å². The quantitative estimate of drug-likeness (QED) is 0.742. The summed E-state index contributed by atoms with van der Waals surface area (Å²) in [5.41, 5.74) is 0.00741. The van der Waals surface area contributed by atoms with Crippen molar-refractivity contribution in [1.82, 2.24) is 19.3 Å². The Hall–Kier alpha value is -2.11. The average molecular weight is 192 g/mol. The lowest BCUT2D eigenvalue weighted by molar-refractivity contribution is 0.0690. The molecular weight excluding hydrogens is 184 g/mol. The van der Waals surface area contributed by atoms with Gasteiger partial charge in [0.05, 0.1) is 0 Å². The highest BCUT2D eigenvalue weighted by molar-refractivity contribution is 5.85. The molecule has 6 heteroatoms. The molecule has 0 fully saturated rings. The first-order valence-electron chi connectivity index (χ1n) is 3.95. The second kappa shape index (κ2) is 2.99. The smallest absolute Gasteiger partial charge is 0.356 e. The van der Waals surface area contributed by atoms with Crippen molar-refractivity contribution in [3.05, 3.63) is 30.4 Å². The van der Waals surface area contributed by atoms with Crippen LogP contribution in [-0.2, 0) is 7.05 Å². The first-order chi connectivity index (χ1) is 6.68. The molecule has 0 saturated heterocycles. The molecule has 2 heterocycles. The van der Waals surface area contributed by atoms with Crippen LogP contribution in [0.2, 0.25) is 0 Å². The highest BCUT2D eigenvalue weighted by Gasteiger charge is 2.09. The minimum atomic E-state index is -1.04. The minimum absolute atomic E-state index is 0.00741. The Morgan fingerprint density at radius 3 is 2.79 bits per heavy atom. The van der Waals surface area contributed by atoms with Crippen LogP contribution in [0.3, 0.4) is 0 Å². The summed E-state index contributed by atoms with van der Waals surface area (Å²) in [6, 6.07) is 1.43. The number of aromatic carboxylic acids is 1. The lowest BCUT2D eigenvalue weighted by Gasteiger charge is -1.99. The van der Waals surface area contributed by atoms with Crippen LogP contribution >= 0.6 is 0 Å². The molecule has 0 aromatic carbocycles. The van der Waals surface area contributed by atoms with E-state index in [0.29, 0.717) is 5.95 Å². The molecule has 0 spiro atoms. The number of nitrogens with zero attached hydrogens (tertiary/aromatic N) is 4. The average Bonchev–Trinajstić information content (AvgIpc) is 2.71. The summed E-state index contributed by atoms with van der Waals surface area (Å²) < 4.78 is 3.17. The van der Waals surface area contributed by atoms with E-state index < -0.39 is 5.97 Å². The molecule has 6 nitrogen and oxygen atoms in total. The van der Waals surface area contributed by atoms with E-state index in [1.807, 2.05) is 7.05 Å². The third kappa shape index (κ3) is 1.26. The Balaban J connectivity index is 2.43. The van der Waals surface area contributed by atoms with E-state index in [4.69, 9.17) is 5.11 Å². The van der Waals surface area contributed by atoms with Crippen molar-refractivity contribution in [2.75, 3.05) is 0 Å². The molecule has 0 aliphatic heterocycles. The molecule has 0 bridgehead atoms. The largest absolute Gasteiger partial charge is 0.476 e. The Bertz CT molecular complexity index is 471. The summed E-state index contributed by atoms with van der Waals surface area (Å²) in [5.74, 6) is -0.463. The summed E-state index contributed by atoms with van der Waals surface area (Å²) in [6.07, 6.45) is 4.95. The lowest BCUT2D eigenvalue weighted by Crippen LogP contribution is -2.05. The molecular formula is C8H8N4O2. The van der Waals surface area contributed by atoms with Crippen molar-refractivity contribution in [3.63, 3.8) is 0 Å². The van der Waals surface area contributed by atoms with Crippen molar-refractivity contribution in [3.8, 4) is 5.95 Å². The standard InChI is InChI=1S/C8H8N4O2/c1-11-5-3-9-8(11)12-4-2-6(10-12)7(13)14/h2-5H,1H3,(H,13,14). The third-order valence-corrected chi connectivity index (χ3v) is 1.81. The Labute approximate surface area is 79.4 Å². The fraction of sp³-hybridized carbons (Fsp3) is 0.125. The summed E-state index contributed by atoms with van der Waals surface area (Å²) in [5, 5.41) is 12.5. The molecule has 2 aromatic rings. The number of carboxylic acid groups (broad SMARTS) is 1. The van der Waals surface area contributed by atoms with Gasteiger partial charge in [0.1, 0.15) is 0 Å². The SMILES string of the molecule is Cn1ccnc1-n1ccc(C(=O)O)n1. The van der Waals surface area contributed by atoms with Gasteiger partial charge < -0.3 is 9.67 Å². The molecule has 0 saturated carbocycles. The number of imidazole rings is 1. The fourth-order valence-corrected chi connectivity index (χ4v) is 1.13. The van der Waals surface area contributed by atoms with Crippen molar-refractivity contribution in [2.24, 2.45) is 7.05 Å². The van der Waals surface area contributed by atoms with Crippen molar-refractivity contribution in [1.29, 1.82) is 0 Å². The Morgan fingerprint density at radius 2 is 2.29 bits per heavy atom.